The van der Waals surface area contributed by atoms with E-state index >= 15 is 0 Å². The molecule has 0 atom stereocenters. The number of anilines is 3. The average Bonchev–Trinajstić information content (AvgIpc) is 3.16. The van der Waals surface area contributed by atoms with E-state index in [9.17, 15) is 9.90 Å². The first-order chi connectivity index (χ1) is 12.3. The number of benzene rings is 1. The van der Waals surface area contributed by atoms with Gasteiger partial charge in [0.05, 0.1) is 11.9 Å². The molecule has 2 aromatic heterocycles. The molecule has 0 saturated carbocycles. The maximum Gasteiger partial charge on any atom is 0.267 e. The van der Waals surface area contributed by atoms with Gasteiger partial charge in [0, 0.05) is 23.9 Å². The highest BCUT2D eigenvalue weighted by Gasteiger charge is 2.16. The second-order valence-electron chi connectivity index (χ2n) is 6.19. The van der Waals surface area contributed by atoms with Gasteiger partial charge in [0.25, 0.3) is 5.91 Å². The third-order valence-electron chi connectivity index (χ3n) is 4.47. The molecule has 7 nitrogen and oxygen atoms in total. The van der Waals surface area contributed by atoms with Crippen molar-refractivity contribution in [2.24, 2.45) is 7.05 Å². The number of thiazole rings is 1. The Kier molecular flexibility index (Phi) is 4.69. The van der Waals surface area contributed by atoms with E-state index in [4.69, 9.17) is 0 Å². The lowest BCUT2D eigenvalue weighted by Gasteiger charge is -2.11. The number of nitrogens with one attached hydrogen (secondary N) is 2. The molecular formula is C18H21N5O2S. The van der Waals surface area contributed by atoms with Crippen molar-refractivity contribution < 1.29 is 9.90 Å². The summed E-state index contributed by atoms with van der Waals surface area (Å²) in [6.45, 7) is 7.63. The summed E-state index contributed by atoms with van der Waals surface area (Å²) in [5, 5.41) is 20.9. The Balaban J connectivity index is 1.78. The van der Waals surface area contributed by atoms with Crippen LogP contribution in [0, 0.1) is 27.7 Å². The number of aromatic hydroxyl groups is 1. The molecule has 0 radical (unpaired) electrons. The van der Waals surface area contributed by atoms with Gasteiger partial charge in [0.1, 0.15) is 10.6 Å². The Morgan fingerprint density at radius 1 is 1.19 bits per heavy atom. The smallest absolute Gasteiger partial charge is 0.267 e. The lowest BCUT2D eigenvalue weighted by Crippen LogP contribution is -2.12. The van der Waals surface area contributed by atoms with Gasteiger partial charge in [-0.3, -0.25) is 9.48 Å². The van der Waals surface area contributed by atoms with Crippen LogP contribution in [0.15, 0.2) is 18.3 Å². The highest BCUT2D eigenvalue weighted by atomic mass is 32.1. The number of carbonyl (C=O) groups excluding carboxylic acids is 1. The Labute approximate surface area is 155 Å². The van der Waals surface area contributed by atoms with Gasteiger partial charge in [-0.25, -0.2) is 4.98 Å². The number of carbonyl (C=O) groups is 1. The van der Waals surface area contributed by atoms with Gasteiger partial charge in [-0.1, -0.05) is 17.4 Å². The number of nitrogens with zero attached hydrogens (tertiary/aromatic N) is 3. The minimum Gasteiger partial charge on any atom is -0.508 e. The first-order valence-electron chi connectivity index (χ1n) is 8.11. The molecule has 1 amide bonds. The van der Waals surface area contributed by atoms with Gasteiger partial charge in [-0.05, 0) is 39.3 Å². The molecule has 0 aliphatic heterocycles. The van der Waals surface area contributed by atoms with Gasteiger partial charge < -0.3 is 15.7 Å². The molecule has 0 saturated heterocycles. The summed E-state index contributed by atoms with van der Waals surface area (Å²) >= 11 is 1.25. The van der Waals surface area contributed by atoms with Crippen LogP contribution in [-0.4, -0.2) is 25.8 Å². The maximum atomic E-state index is 12.6. The summed E-state index contributed by atoms with van der Waals surface area (Å²) in [4.78, 5) is 17.3. The fourth-order valence-corrected chi connectivity index (χ4v) is 3.29. The van der Waals surface area contributed by atoms with Gasteiger partial charge >= 0.3 is 0 Å². The van der Waals surface area contributed by atoms with Crippen LogP contribution < -0.4 is 10.6 Å². The topological polar surface area (TPSA) is 92.1 Å². The zero-order valence-corrected chi connectivity index (χ0v) is 16.2. The highest BCUT2D eigenvalue weighted by Crippen LogP contribution is 2.30. The molecule has 3 rings (SSSR count). The zero-order valence-electron chi connectivity index (χ0n) is 15.3. The van der Waals surface area contributed by atoms with Gasteiger partial charge in [0.15, 0.2) is 10.9 Å². The van der Waals surface area contributed by atoms with Crippen LogP contribution in [0.2, 0.25) is 0 Å². The number of hydrogen-bond acceptors (Lipinski definition) is 6. The average molecular weight is 371 g/mol. The Morgan fingerprint density at radius 3 is 2.58 bits per heavy atom. The second kappa shape index (κ2) is 6.80. The number of phenolic OH excluding ortho intramolecular Hbond substituents is 1. The van der Waals surface area contributed by atoms with E-state index in [1.54, 1.807) is 23.7 Å². The molecule has 0 aliphatic rings. The van der Waals surface area contributed by atoms with E-state index in [0.717, 1.165) is 22.6 Å². The number of phenols is 1. The maximum absolute atomic E-state index is 12.6. The fraction of sp³-hybridized carbons (Fsp3) is 0.278. The van der Waals surface area contributed by atoms with Crippen LogP contribution in [0.5, 0.6) is 5.75 Å². The van der Waals surface area contributed by atoms with Crippen molar-refractivity contribution in [3.05, 3.63) is 45.6 Å². The lowest BCUT2D eigenvalue weighted by atomic mass is 10.1. The molecule has 26 heavy (non-hydrogen) atoms. The standard InChI is InChI=1S/C18H21N5O2S/c1-9-6-7-13(24)11(3)15(9)20-17(25)14-8-19-18(26-14)21-16-10(2)12(4)23(5)22-16/h6-8,24H,1-5H3,(H,20,25)(H,19,21,22). The van der Waals surface area contributed by atoms with E-state index in [2.05, 4.69) is 20.7 Å². The lowest BCUT2D eigenvalue weighted by molar-refractivity contribution is 0.103. The van der Waals surface area contributed by atoms with Crippen molar-refractivity contribution in [3.63, 3.8) is 0 Å². The predicted molar refractivity (Wildman–Crippen MR) is 104 cm³/mol. The van der Waals surface area contributed by atoms with Crippen molar-refractivity contribution in [2.75, 3.05) is 10.6 Å². The monoisotopic (exact) mass is 371 g/mol. The minimum atomic E-state index is -0.263. The molecule has 0 aliphatic carbocycles. The summed E-state index contributed by atoms with van der Waals surface area (Å²) in [5.41, 5.74) is 4.25. The summed E-state index contributed by atoms with van der Waals surface area (Å²) in [5.74, 6) is 0.616. The van der Waals surface area contributed by atoms with Crippen molar-refractivity contribution in [3.8, 4) is 5.75 Å². The van der Waals surface area contributed by atoms with E-state index < -0.39 is 0 Å². The fourth-order valence-electron chi connectivity index (χ4n) is 2.57. The number of aryl methyl sites for hydroxylation is 2. The Bertz CT molecular complexity index is 990. The Hall–Kier alpha value is -2.87. The van der Waals surface area contributed by atoms with E-state index in [0.29, 0.717) is 21.3 Å². The molecule has 1 aromatic carbocycles. The molecule has 0 spiro atoms. The first-order valence-corrected chi connectivity index (χ1v) is 8.93. The normalized spacial score (nSPS) is 10.8. The van der Waals surface area contributed by atoms with Crippen LogP contribution in [0.4, 0.5) is 16.6 Å². The Morgan fingerprint density at radius 2 is 1.92 bits per heavy atom. The minimum absolute atomic E-state index is 0.151. The van der Waals surface area contributed by atoms with Crippen LogP contribution >= 0.6 is 11.3 Å². The summed E-state index contributed by atoms with van der Waals surface area (Å²) in [7, 11) is 1.88. The summed E-state index contributed by atoms with van der Waals surface area (Å²) in [6, 6.07) is 3.38. The number of hydrogen-bond donors (Lipinski definition) is 3. The number of rotatable bonds is 4. The van der Waals surface area contributed by atoms with Crippen LogP contribution in [0.3, 0.4) is 0 Å². The molecule has 3 N–H and O–H groups in total. The third-order valence-corrected chi connectivity index (χ3v) is 5.38. The van der Waals surface area contributed by atoms with E-state index in [1.165, 1.54) is 17.5 Å². The number of aromatic nitrogens is 3. The van der Waals surface area contributed by atoms with Crippen LogP contribution in [0.1, 0.15) is 32.1 Å². The SMILES string of the molecule is Cc1ccc(O)c(C)c1NC(=O)c1cnc(Nc2nn(C)c(C)c2C)s1. The van der Waals surface area contributed by atoms with Crippen LogP contribution in [-0.2, 0) is 7.05 Å². The zero-order chi connectivity index (χ0) is 19.0. The highest BCUT2D eigenvalue weighted by molar-refractivity contribution is 7.17. The third kappa shape index (κ3) is 3.28. The molecule has 136 valence electrons. The molecular weight excluding hydrogens is 350 g/mol. The van der Waals surface area contributed by atoms with Crippen LogP contribution in [0.25, 0.3) is 0 Å². The van der Waals surface area contributed by atoms with Crippen molar-refractivity contribution >= 4 is 33.9 Å². The second-order valence-corrected chi connectivity index (χ2v) is 7.22. The molecule has 3 aromatic rings. The summed E-state index contributed by atoms with van der Waals surface area (Å²) < 4.78 is 1.80. The molecule has 0 unspecified atom stereocenters. The van der Waals surface area contributed by atoms with Crippen molar-refractivity contribution in [1.29, 1.82) is 0 Å². The first kappa shape index (κ1) is 17.9. The number of amides is 1. The van der Waals surface area contributed by atoms with Crippen molar-refractivity contribution in [2.45, 2.75) is 27.7 Å². The molecule has 0 bridgehead atoms. The molecule has 0 fully saturated rings. The van der Waals surface area contributed by atoms with Gasteiger partial charge in [-0.2, -0.15) is 5.10 Å². The van der Waals surface area contributed by atoms with Gasteiger partial charge in [0.2, 0.25) is 0 Å². The summed E-state index contributed by atoms with van der Waals surface area (Å²) in [6.07, 6.45) is 1.53. The molecule has 2 heterocycles. The van der Waals surface area contributed by atoms with Gasteiger partial charge in [-0.15, -0.1) is 0 Å². The quantitative estimate of drug-likeness (QED) is 0.648. The predicted octanol–water partition coefficient (Wildman–Crippen LogP) is 3.81. The largest absolute Gasteiger partial charge is 0.508 e. The van der Waals surface area contributed by atoms with E-state index in [1.807, 2.05) is 27.8 Å². The molecule has 8 heteroatoms. The van der Waals surface area contributed by atoms with Crippen molar-refractivity contribution in [1.82, 2.24) is 14.8 Å². The van der Waals surface area contributed by atoms with E-state index in [-0.39, 0.29) is 11.7 Å².